The van der Waals surface area contributed by atoms with Crippen LogP contribution in [0.1, 0.15) is 53.8 Å². The van der Waals surface area contributed by atoms with Crippen molar-refractivity contribution in [2.75, 3.05) is 18.5 Å². The van der Waals surface area contributed by atoms with E-state index in [-0.39, 0.29) is 16.9 Å². The first-order chi connectivity index (χ1) is 14.0. The minimum absolute atomic E-state index is 0.147. The lowest BCUT2D eigenvalue weighted by Crippen LogP contribution is -2.34. The number of unbranched alkanes of at least 4 members (excludes halogenated alkanes) is 1. The molecule has 2 amide bonds. The van der Waals surface area contributed by atoms with Crippen molar-refractivity contribution in [3.8, 4) is 5.75 Å². The van der Waals surface area contributed by atoms with Crippen LogP contribution in [0.4, 0.5) is 5.69 Å². The van der Waals surface area contributed by atoms with Gasteiger partial charge in [-0.2, -0.15) is 0 Å². The Balaban J connectivity index is 1.90. The maximum absolute atomic E-state index is 12.4. The van der Waals surface area contributed by atoms with Crippen molar-refractivity contribution in [3.63, 3.8) is 0 Å². The van der Waals surface area contributed by atoms with Crippen LogP contribution in [-0.4, -0.2) is 30.1 Å². The molecule has 2 aromatic rings. The zero-order valence-corrected chi connectivity index (χ0v) is 17.6. The normalized spacial score (nSPS) is 10.1. The van der Waals surface area contributed by atoms with Crippen LogP contribution in [0, 0.1) is 0 Å². The van der Waals surface area contributed by atoms with Crippen LogP contribution in [0.25, 0.3) is 0 Å². The first-order valence-electron chi connectivity index (χ1n) is 9.77. The van der Waals surface area contributed by atoms with E-state index in [1.807, 2.05) is 6.92 Å². The Kier molecular flexibility index (Phi) is 9.11. The van der Waals surface area contributed by atoms with Gasteiger partial charge in [-0.1, -0.05) is 26.3 Å². The smallest absolute Gasteiger partial charge is 0.257 e. The third-order valence-electron chi connectivity index (χ3n) is 4.03. The summed E-state index contributed by atoms with van der Waals surface area (Å²) in [4.78, 5) is 24.4. The van der Waals surface area contributed by atoms with Crippen molar-refractivity contribution >= 4 is 34.8 Å². The van der Waals surface area contributed by atoms with Gasteiger partial charge in [-0.3, -0.25) is 14.9 Å². The lowest BCUT2D eigenvalue weighted by Gasteiger charge is -2.11. The number of hydrogen-bond donors (Lipinski definition) is 3. The molecule has 0 radical (unpaired) electrons. The maximum Gasteiger partial charge on any atom is 0.257 e. The Labute approximate surface area is 177 Å². The largest absolute Gasteiger partial charge is 0.494 e. The second-order valence-electron chi connectivity index (χ2n) is 6.47. The number of anilines is 1. The summed E-state index contributed by atoms with van der Waals surface area (Å²) in [5.74, 6) is 0.264. The monoisotopic (exact) mass is 413 g/mol. The number of carbonyl (C=O) groups is 2. The summed E-state index contributed by atoms with van der Waals surface area (Å²) >= 11 is 5.22. The zero-order chi connectivity index (χ0) is 21.1. The molecule has 0 atom stereocenters. The van der Waals surface area contributed by atoms with Crippen LogP contribution in [0.2, 0.25) is 0 Å². The van der Waals surface area contributed by atoms with Crippen molar-refractivity contribution in [1.82, 2.24) is 10.6 Å². The van der Waals surface area contributed by atoms with Crippen molar-refractivity contribution in [1.29, 1.82) is 0 Å². The van der Waals surface area contributed by atoms with Gasteiger partial charge in [-0.05, 0) is 67.5 Å². The highest BCUT2D eigenvalue weighted by Crippen LogP contribution is 2.13. The summed E-state index contributed by atoms with van der Waals surface area (Å²) in [5, 5.41) is 8.55. The van der Waals surface area contributed by atoms with E-state index in [1.54, 1.807) is 48.5 Å². The van der Waals surface area contributed by atoms with E-state index < -0.39 is 0 Å². The van der Waals surface area contributed by atoms with Gasteiger partial charge in [0.1, 0.15) is 5.75 Å². The average Bonchev–Trinajstić information content (AvgIpc) is 2.72. The van der Waals surface area contributed by atoms with E-state index in [0.717, 1.165) is 25.0 Å². The summed E-state index contributed by atoms with van der Waals surface area (Å²) in [6.45, 7) is 5.37. The topological polar surface area (TPSA) is 79.5 Å². The predicted octanol–water partition coefficient (Wildman–Crippen LogP) is 4.13. The second kappa shape index (κ2) is 11.8. The minimum Gasteiger partial charge on any atom is -0.494 e. The molecule has 0 bridgehead atoms. The Morgan fingerprint density at radius 2 is 1.72 bits per heavy atom. The number of ether oxygens (including phenoxy) is 1. The molecule has 6 nitrogen and oxygen atoms in total. The third-order valence-corrected chi connectivity index (χ3v) is 4.23. The molecule has 0 saturated heterocycles. The fraction of sp³-hybridized carbons (Fsp3) is 0.318. The molecule has 0 heterocycles. The Hall–Kier alpha value is -2.93. The fourth-order valence-electron chi connectivity index (χ4n) is 2.45. The number of rotatable bonds is 9. The van der Waals surface area contributed by atoms with E-state index in [0.29, 0.717) is 30.0 Å². The summed E-state index contributed by atoms with van der Waals surface area (Å²) < 4.78 is 5.59. The van der Waals surface area contributed by atoms with Gasteiger partial charge in [-0.15, -0.1) is 0 Å². The summed E-state index contributed by atoms with van der Waals surface area (Å²) in [6.07, 6.45) is 2.92. The van der Waals surface area contributed by atoms with Gasteiger partial charge in [0.05, 0.1) is 6.61 Å². The highest BCUT2D eigenvalue weighted by molar-refractivity contribution is 7.80. The maximum atomic E-state index is 12.4. The van der Waals surface area contributed by atoms with Crippen LogP contribution >= 0.6 is 12.2 Å². The Morgan fingerprint density at radius 1 is 0.966 bits per heavy atom. The van der Waals surface area contributed by atoms with E-state index in [4.69, 9.17) is 17.0 Å². The number of benzene rings is 2. The SMILES string of the molecule is CCCCOc1ccc(C(=O)NC(=S)Nc2cccc(C(=O)NCCC)c2)cc1. The molecule has 0 spiro atoms. The Morgan fingerprint density at radius 3 is 2.41 bits per heavy atom. The van der Waals surface area contributed by atoms with Gasteiger partial charge in [0, 0.05) is 23.4 Å². The number of thiocarbonyl (C=S) groups is 1. The quantitative estimate of drug-likeness (QED) is 0.425. The molecule has 0 aliphatic carbocycles. The predicted molar refractivity (Wildman–Crippen MR) is 120 cm³/mol. The van der Waals surface area contributed by atoms with Gasteiger partial charge in [0.2, 0.25) is 0 Å². The van der Waals surface area contributed by atoms with Crippen LogP contribution < -0.4 is 20.7 Å². The highest BCUT2D eigenvalue weighted by atomic mass is 32.1. The molecule has 2 rings (SSSR count). The summed E-state index contributed by atoms with van der Waals surface area (Å²) in [7, 11) is 0. The summed E-state index contributed by atoms with van der Waals surface area (Å²) in [5.41, 5.74) is 1.63. The molecule has 7 heteroatoms. The summed E-state index contributed by atoms with van der Waals surface area (Å²) in [6, 6.07) is 13.9. The first kappa shape index (κ1) is 22.4. The van der Waals surface area contributed by atoms with Gasteiger partial charge < -0.3 is 15.4 Å². The second-order valence-corrected chi connectivity index (χ2v) is 6.88. The van der Waals surface area contributed by atoms with E-state index in [1.165, 1.54) is 0 Å². The van der Waals surface area contributed by atoms with Crippen molar-refractivity contribution < 1.29 is 14.3 Å². The molecular weight excluding hydrogens is 386 g/mol. The molecule has 0 fully saturated rings. The minimum atomic E-state index is -0.320. The van der Waals surface area contributed by atoms with Crippen LogP contribution in [0.5, 0.6) is 5.75 Å². The molecule has 0 unspecified atom stereocenters. The molecule has 2 aromatic carbocycles. The van der Waals surface area contributed by atoms with Gasteiger partial charge >= 0.3 is 0 Å². The molecule has 0 aliphatic rings. The fourth-order valence-corrected chi connectivity index (χ4v) is 2.66. The average molecular weight is 414 g/mol. The molecule has 0 saturated carbocycles. The van der Waals surface area contributed by atoms with Crippen molar-refractivity contribution in [2.24, 2.45) is 0 Å². The van der Waals surface area contributed by atoms with Gasteiger partial charge in [0.15, 0.2) is 5.11 Å². The first-order valence-corrected chi connectivity index (χ1v) is 10.2. The van der Waals surface area contributed by atoms with E-state index in [2.05, 4.69) is 22.9 Å². The van der Waals surface area contributed by atoms with E-state index in [9.17, 15) is 9.59 Å². The number of hydrogen-bond acceptors (Lipinski definition) is 4. The Bertz CT molecular complexity index is 837. The van der Waals surface area contributed by atoms with Gasteiger partial charge in [-0.25, -0.2) is 0 Å². The molecule has 3 N–H and O–H groups in total. The van der Waals surface area contributed by atoms with Crippen molar-refractivity contribution in [3.05, 3.63) is 59.7 Å². The van der Waals surface area contributed by atoms with E-state index >= 15 is 0 Å². The zero-order valence-electron chi connectivity index (χ0n) is 16.8. The van der Waals surface area contributed by atoms with Crippen LogP contribution in [0.3, 0.4) is 0 Å². The molecule has 29 heavy (non-hydrogen) atoms. The standard InChI is InChI=1S/C22H27N3O3S/c1-3-5-14-28-19-11-9-16(10-12-19)21(27)25-22(29)24-18-8-6-7-17(15-18)20(26)23-13-4-2/h6-12,15H,3-5,13-14H2,1-2H3,(H,23,26)(H2,24,25,27,29). The van der Waals surface area contributed by atoms with Crippen LogP contribution in [-0.2, 0) is 0 Å². The number of nitrogens with one attached hydrogen (secondary N) is 3. The lowest BCUT2D eigenvalue weighted by molar-refractivity contribution is 0.0951. The lowest BCUT2D eigenvalue weighted by atomic mass is 10.2. The third kappa shape index (κ3) is 7.54. The van der Waals surface area contributed by atoms with Crippen LogP contribution in [0.15, 0.2) is 48.5 Å². The molecular formula is C22H27N3O3S. The highest BCUT2D eigenvalue weighted by Gasteiger charge is 2.10. The molecule has 0 aliphatic heterocycles. The van der Waals surface area contributed by atoms with Gasteiger partial charge in [0.25, 0.3) is 11.8 Å². The number of amides is 2. The number of carbonyl (C=O) groups excluding carboxylic acids is 2. The molecule has 0 aromatic heterocycles. The van der Waals surface area contributed by atoms with Crippen molar-refractivity contribution in [2.45, 2.75) is 33.1 Å². The molecule has 154 valence electrons.